The molecule has 20 heavy (non-hydrogen) atoms. The first-order valence-electron chi connectivity index (χ1n) is 6.35. The van der Waals surface area contributed by atoms with Crippen LogP contribution in [0.2, 0.25) is 0 Å². The van der Waals surface area contributed by atoms with E-state index in [1.807, 2.05) is 37.2 Å². The maximum absolute atomic E-state index is 9.15. The van der Waals surface area contributed by atoms with E-state index in [0.717, 1.165) is 16.8 Å². The van der Waals surface area contributed by atoms with Crippen LogP contribution in [0.3, 0.4) is 0 Å². The normalized spacial score (nSPS) is 10.4. The van der Waals surface area contributed by atoms with E-state index in [-0.39, 0.29) is 0 Å². The van der Waals surface area contributed by atoms with Crippen molar-refractivity contribution in [3.8, 4) is 17.5 Å². The first-order chi connectivity index (χ1) is 9.69. The number of rotatable bonds is 2. The molecule has 0 amide bonds. The summed E-state index contributed by atoms with van der Waals surface area (Å²) in [5.74, 6) is 1.38. The topological polar surface area (TPSA) is 55.7 Å². The van der Waals surface area contributed by atoms with Crippen molar-refractivity contribution < 1.29 is 0 Å². The summed E-state index contributed by atoms with van der Waals surface area (Å²) in [6, 6.07) is 16.5. The Bertz CT molecular complexity index is 809. The van der Waals surface area contributed by atoms with Crippen LogP contribution in [0.5, 0.6) is 0 Å². The zero-order chi connectivity index (χ0) is 14.1. The summed E-state index contributed by atoms with van der Waals surface area (Å²) >= 11 is 0. The Morgan fingerprint density at radius 3 is 2.50 bits per heavy atom. The summed E-state index contributed by atoms with van der Waals surface area (Å²) in [6.45, 7) is 0. The molecule has 1 heterocycles. The average Bonchev–Trinajstić information content (AvgIpc) is 2.91. The Morgan fingerprint density at radius 2 is 1.85 bits per heavy atom. The maximum atomic E-state index is 9.15. The third-order valence-corrected chi connectivity index (χ3v) is 3.24. The van der Waals surface area contributed by atoms with Crippen LogP contribution in [-0.2, 0) is 0 Å². The van der Waals surface area contributed by atoms with Crippen LogP contribution in [-0.4, -0.2) is 24.1 Å². The van der Waals surface area contributed by atoms with Crippen molar-refractivity contribution in [1.82, 2.24) is 9.97 Å². The number of benzene rings is 2. The molecule has 2 aromatic carbocycles. The molecule has 98 valence electrons. The molecule has 4 heteroatoms. The molecule has 0 aliphatic rings. The molecule has 0 radical (unpaired) electrons. The predicted molar refractivity (Wildman–Crippen MR) is 80.6 cm³/mol. The molecule has 4 nitrogen and oxygen atoms in total. The van der Waals surface area contributed by atoms with Gasteiger partial charge in [-0.15, -0.1) is 0 Å². The SMILES string of the molecule is CN(C)c1nc(-c2ccc3ccccc3c2)[nH]c1C#N. The fraction of sp³-hybridized carbons (Fsp3) is 0.125. The zero-order valence-electron chi connectivity index (χ0n) is 11.4. The number of hydrogen-bond acceptors (Lipinski definition) is 3. The molecule has 3 rings (SSSR count). The maximum Gasteiger partial charge on any atom is 0.165 e. The molecule has 0 fully saturated rings. The Kier molecular flexibility index (Phi) is 2.88. The summed E-state index contributed by atoms with van der Waals surface area (Å²) in [5.41, 5.74) is 1.46. The van der Waals surface area contributed by atoms with Crippen LogP contribution in [0.4, 0.5) is 5.82 Å². The number of nitriles is 1. The van der Waals surface area contributed by atoms with Gasteiger partial charge in [-0.2, -0.15) is 5.26 Å². The minimum atomic E-state index is 0.484. The van der Waals surface area contributed by atoms with Crippen molar-refractivity contribution in [2.24, 2.45) is 0 Å². The van der Waals surface area contributed by atoms with Crippen molar-refractivity contribution in [3.63, 3.8) is 0 Å². The Morgan fingerprint density at radius 1 is 1.10 bits per heavy atom. The number of aromatic nitrogens is 2. The standard InChI is InChI=1S/C16H14N4/c1-20(2)16-14(10-17)18-15(19-16)13-8-7-11-5-3-4-6-12(11)9-13/h3-9H,1-2H3,(H,18,19). The highest BCUT2D eigenvalue weighted by atomic mass is 15.2. The van der Waals surface area contributed by atoms with Crippen LogP contribution in [0.1, 0.15) is 5.69 Å². The number of H-pyrrole nitrogens is 1. The second kappa shape index (κ2) is 4.71. The van der Waals surface area contributed by atoms with Gasteiger partial charge in [-0.25, -0.2) is 4.98 Å². The number of nitrogens with zero attached hydrogens (tertiary/aromatic N) is 3. The molecule has 3 aromatic rings. The zero-order valence-corrected chi connectivity index (χ0v) is 11.4. The van der Waals surface area contributed by atoms with E-state index >= 15 is 0 Å². The Hall–Kier alpha value is -2.80. The molecular formula is C16H14N4. The van der Waals surface area contributed by atoms with Gasteiger partial charge in [0.05, 0.1) is 0 Å². The lowest BCUT2D eigenvalue weighted by atomic mass is 10.1. The first kappa shape index (κ1) is 12.2. The largest absolute Gasteiger partial charge is 0.360 e. The van der Waals surface area contributed by atoms with Crippen LogP contribution in [0, 0.1) is 11.3 Å². The smallest absolute Gasteiger partial charge is 0.165 e. The van der Waals surface area contributed by atoms with Gasteiger partial charge < -0.3 is 9.88 Å². The minimum Gasteiger partial charge on any atom is -0.360 e. The van der Waals surface area contributed by atoms with Crippen LogP contribution < -0.4 is 4.90 Å². The van der Waals surface area contributed by atoms with Crippen LogP contribution in [0.15, 0.2) is 42.5 Å². The van der Waals surface area contributed by atoms with E-state index < -0.39 is 0 Å². The number of aromatic amines is 1. The predicted octanol–water partition coefficient (Wildman–Crippen LogP) is 3.17. The average molecular weight is 262 g/mol. The van der Waals surface area contributed by atoms with Crippen LogP contribution >= 0.6 is 0 Å². The molecule has 1 aromatic heterocycles. The van der Waals surface area contributed by atoms with Crippen molar-refractivity contribution in [2.75, 3.05) is 19.0 Å². The monoisotopic (exact) mass is 262 g/mol. The second-order valence-electron chi connectivity index (χ2n) is 4.85. The highest BCUT2D eigenvalue weighted by molar-refractivity contribution is 5.86. The Balaban J connectivity index is 2.13. The number of anilines is 1. The molecule has 0 saturated heterocycles. The summed E-state index contributed by atoms with van der Waals surface area (Å²) in [5, 5.41) is 11.5. The van der Waals surface area contributed by atoms with Gasteiger partial charge in [0, 0.05) is 19.7 Å². The number of hydrogen-bond donors (Lipinski definition) is 1. The molecular weight excluding hydrogens is 248 g/mol. The van der Waals surface area contributed by atoms with Crippen LogP contribution in [0.25, 0.3) is 22.2 Å². The lowest BCUT2D eigenvalue weighted by molar-refractivity contribution is 1.08. The Labute approximate surface area is 117 Å². The molecule has 0 bridgehead atoms. The van der Waals surface area contributed by atoms with E-state index in [2.05, 4.69) is 40.3 Å². The second-order valence-corrected chi connectivity index (χ2v) is 4.85. The lowest BCUT2D eigenvalue weighted by Gasteiger charge is -2.07. The summed E-state index contributed by atoms with van der Waals surface area (Å²) < 4.78 is 0. The van der Waals surface area contributed by atoms with E-state index in [1.54, 1.807) is 0 Å². The van der Waals surface area contributed by atoms with E-state index in [0.29, 0.717) is 11.5 Å². The molecule has 0 atom stereocenters. The molecule has 0 spiro atoms. The van der Waals surface area contributed by atoms with Gasteiger partial charge in [0.2, 0.25) is 0 Å². The van der Waals surface area contributed by atoms with Crippen molar-refractivity contribution in [3.05, 3.63) is 48.2 Å². The third-order valence-electron chi connectivity index (χ3n) is 3.24. The summed E-state index contributed by atoms with van der Waals surface area (Å²) in [7, 11) is 3.75. The minimum absolute atomic E-state index is 0.484. The molecule has 0 unspecified atom stereocenters. The molecule has 0 aliphatic heterocycles. The highest BCUT2D eigenvalue weighted by Crippen LogP contribution is 2.25. The third kappa shape index (κ3) is 1.99. The summed E-state index contributed by atoms with van der Waals surface area (Å²) in [4.78, 5) is 9.42. The van der Waals surface area contributed by atoms with Crippen molar-refractivity contribution in [2.45, 2.75) is 0 Å². The van der Waals surface area contributed by atoms with E-state index in [1.165, 1.54) is 5.39 Å². The lowest BCUT2D eigenvalue weighted by Crippen LogP contribution is -2.10. The van der Waals surface area contributed by atoms with Crippen molar-refractivity contribution >= 4 is 16.6 Å². The fourth-order valence-electron chi connectivity index (χ4n) is 2.24. The van der Waals surface area contributed by atoms with Crippen molar-refractivity contribution in [1.29, 1.82) is 5.26 Å². The van der Waals surface area contributed by atoms with E-state index in [4.69, 9.17) is 5.26 Å². The summed E-state index contributed by atoms with van der Waals surface area (Å²) in [6.07, 6.45) is 0. The van der Waals surface area contributed by atoms with Gasteiger partial charge in [0.1, 0.15) is 11.9 Å². The van der Waals surface area contributed by atoms with Gasteiger partial charge in [-0.05, 0) is 16.8 Å². The number of nitrogens with one attached hydrogen (secondary N) is 1. The van der Waals surface area contributed by atoms with Gasteiger partial charge >= 0.3 is 0 Å². The number of fused-ring (bicyclic) bond motifs is 1. The molecule has 1 N–H and O–H groups in total. The fourth-order valence-corrected chi connectivity index (χ4v) is 2.24. The van der Waals surface area contributed by atoms with Gasteiger partial charge in [0.25, 0.3) is 0 Å². The number of imidazole rings is 1. The quantitative estimate of drug-likeness (QED) is 0.771. The van der Waals surface area contributed by atoms with Gasteiger partial charge in [0.15, 0.2) is 11.5 Å². The van der Waals surface area contributed by atoms with E-state index in [9.17, 15) is 0 Å². The van der Waals surface area contributed by atoms with Gasteiger partial charge in [-0.3, -0.25) is 0 Å². The van der Waals surface area contributed by atoms with Gasteiger partial charge in [-0.1, -0.05) is 36.4 Å². The first-order valence-corrected chi connectivity index (χ1v) is 6.35. The molecule has 0 saturated carbocycles. The highest BCUT2D eigenvalue weighted by Gasteiger charge is 2.13. The molecule has 0 aliphatic carbocycles.